The Labute approximate surface area is 111 Å². The molecule has 19 heavy (non-hydrogen) atoms. The van der Waals surface area contributed by atoms with Gasteiger partial charge in [-0.1, -0.05) is 0 Å². The molecule has 0 amide bonds. The maximum atomic E-state index is 11.5. The van der Waals surface area contributed by atoms with Crippen LogP contribution in [0.25, 0.3) is 0 Å². The molecule has 0 bridgehead atoms. The molecule has 1 unspecified atom stereocenters. The first-order valence-corrected chi connectivity index (χ1v) is 7.75. The van der Waals surface area contributed by atoms with Crippen LogP contribution in [0.15, 0.2) is 10.8 Å². The Balaban J connectivity index is 2.12. The first kappa shape index (κ1) is 14.0. The van der Waals surface area contributed by atoms with Gasteiger partial charge in [0.25, 0.3) is 0 Å². The monoisotopic (exact) mass is 288 g/mol. The van der Waals surface area contributed by atoms with Gasteiger partial charge in [-0.05, 0) is 13.3 Å². The number of sulfone groups is 1. The van der Waals surface area contributed by atoms with Gasteiger partial charge < -0.3 is 9.52 Å². The zero-order valence-corrected chi connectivity index (χ0v) is 11.4. The van der Waals surface area contributed by atoms with E-state index >= 15 is 0 Å². The van der Waals surface area contributed by atoms with Crippen LogP contribution in [-0.4, -0.2) is 53.5 Å². The predicted molar refractivity (Wildman–Crippen MR) is 66.3 cm³/mol. The van der Waals surface area contributed by atoms with E-state index in [0.717, 1.165) is 0 Å². The minimum atomic E-state index is -3.04. The summed E-state index contributed by atoms with van der Waals surface area (Å²) in [6, 6.07) is -0.266. The van der Waals surface area contributed by atoms with Gasteiger partial charge >= 0.3 is 5.97 Å². The quantitative estimate of drug-likeness (QED) is 0.817. The molecule has 1 aliphatic heterocycles. The summed E-state index contributed by atoms with van der Waals surface area (Å²) in [5, 5.41) is 8.94. The highest BCUT2D eigenvalue weighted by atomic mass is 32.2. The van der Waals surface area contributed by atoms with Crippen molar-refractivity contribution in [3.63, 3.8) is 0 Å². The molecule has 2 heterocycles. The number of hydrogen-bond donors (Lipinski definition) is 1. The van der Waals surface area contributed by atoms with Crippen LogP contribution in [0.3, 0.4) is 0 Å². The molecule has 0 aliphatic carbocycles. The van der Waals surface area contributed by atoms with Gasteiger partial charge in [0.2, 0.25) is 0 Å². The zero-order chi connectivity index (χ0) is 14.0. The summed E-state index contributed by atoms with van der Waals surface area (Å²) in [5.41, 5.74) is 0.644. The van der Waals surface area contributed by atoms with Crippen molar-refractivity contribution < 1.29 is 22.7 Å². The first-order chi connectivity index (χ1) is 8.87. The molecule has 1 saturated heterocycles. The number of carboxylic acid groups (broad SMARTS) is 1. The molecule has 106 valence electrons. The van der Waals surface area contributed by atoms with E-state index in [-0.39, 0.29) is 30.6 Å². The lowest BCUT2D eigenvalue weighted by molar-refractivity contribution is -0.139. The van der Waals surface area contributed by atoms with Crippen molar-refractivity contribution in [2.24, 2.45) is 0 Å². The fourth-order valence-corrected chi connectivity index (χ4v) is 3.99. The third-order valence-electron chi connectivity index (χ3n) is 3.26. The molecular weight excluding hydrogens is 272 g/mol. The molecule has 7 nitrogen and oxygen atoms in total. The van der Waals surface area contributed by atoms with Crippen molar-refractivity contribution in [3.8, 4) is 0 Å². The molecule has 1 fully saturated rings. The van der Waals surface area contributed by atoms with Crippen LogP contribution in [0.4, 0.5) is 0 Å². The summed E-state index contributed by atoms with van der Waals surface area (Å²) in [5.74, 6) is -0.232. The summed E-state index contributed by atoms with van der Waals surface area (Å²) in [7, 11) is -3.04. The van der Waals surface area contributed by atoms with Crippen LogP contribution in [0.5, 0.6) is 0 Å². The number of aromatic nitrogens is 1. The highest BCUT2D eigenvalue weighted by Crippen LogP contribution is 2.20. The van der Waals surface area contributed by atoms with Crippen molar-refractivity contribution in [1.29, 1.82) is 0 Å². The number of rotatable bonds is 5. The number of carboxylic acids is 1. The van der Waals surface area contributed by atoms with Crippen molar-refractivity contribution in [1.82, 2.24) is 9.88 Å². The summed E-state index contributed by atoms with van der Waals surface area (Å²) in [6.45, 7) is 1.83. The number of aliphatic carboxylic acids is 1. The second kappa shape index (κ2) is 5.30. The third kappa shape index (κ3) is 3.54. The average molecular weight is 288 g/mol. The average Bonchev–Trinajstić information content (AvgIpc) is 2.84. The molecule has 0 aromatic carbocycles. The van der Waals surface area contributed by atoms with Crippen LogP contribution in [-0.2, 0) is 21.2 Å². The van der Waals surface area contributed by atoms with Gasteiger partial charge in [-0.25, -0.2) is 13.4 Å². The van der Waals surface area contributed by atoms with E-state index in [4.69, 9.17) is 9.52 Å². The van der Waals surface area contributed by atoms with Crippen molar-refractivity contribution >= 4 is 15.8 Å². The van der Waals surface area contributed by atoms with E-state index in [0.29, 0.717) is 17.9 Å². The molecular formula is C11H16N2O5S. The molecule has 0 saturated carbocycles. The fourth-order valence-electron chi connectivity index (χ4n) is 2.22. The Bertz CT molecular complexity index is 565. The Kier molecular flexibility index (Phi) is 3.91. The number of nitrogens with zero attached hydrogens (tertiary/aromatic N) is 2. The maximum Gasteiger partial charge on any atom is 0.317 e. The number of aryl methyl sites for hydroxylation is 1. The SMILES string of the molecule is Cc1ocnc1CN(CC(=O)O)C1CCS(=O)(=O)C1. The van der Waals surface area contributed by atoms with Crippen LogP contribution < -0.4 is 0 Å². The fraction of sp³-hybridized carbons (Fsp3) is 0.636. The predicted octanol–water partition coefficient (Wildman–Crippen LogP) is 0.0567. The lowest BCUT2D eigenvalue weighted by Gasteiger charge is -2.25. The van der Waals surface area contributed by atoms with E-state index in [9.17, 15) is 13.2 Å². The minimum absolute atomic E-state index is 0.0111. The molecule has 2 rings (SSSR count). The largest absolute Gasteiger partial charge is 0.480 e. The van der Waals surface area contributed by atoms with Gasteiger partial charge in [0.1, 0.15) is 5.76 Å². The maximum absolute atomic E-state index is 11.5. The Morgan fingerprint density at radius 1 is 1.63 bits per heavy atom. The second-order valence-corrected chi connectivity index (χ2v) is 6.94. The Morgan fingerprint density at radius 3 is 2.84 bits per heavy atom. The second-order valence-electron chi connectivity index (χ2n) is 4.71. The van der Waals surface area contributed by atoms with Gasteiger partial charge in [0.05, 0.1) is 23.7 Å². The summed E-state index contributed by atoms with van der Waals surface area (Å²) >= 11 is 0. The molecule has 0 spiro atoms. The Morgan fingerprint density at radius 2 is 2.37 bits per heavy atom. The normalized spacial score (nSPS) is 21.9. The summed E-state index contributed by atoms with van der Waals surface area (Å²) in [6.07, 6.45) is 1.77. The summed E-state index contributed by atoms with van der Waals surface area (Å²) < 4.78 is 28.1. The van der Waals surface area contributed by atoms with Gasteiger partial charge in [-0.2, -0.15) is 0 Å². The lowest BCUT2D eigenvalue weighted by atomic mass is 10.2. The highest BCUT2D eigenvalue weighted by molar-refractivity contribution is 7.91. The van der Waals surface area contributed by atoms with Crippen molar-refractivity contribution in [2.75, 3.05) is 18.1 Å². The lowest BCUT2D eigenvalue weighted by Crippen LogP contribution is -2.39. The standard InChI is InChI=1S/C11H16N2O5S/c1-8-10(12-7-18-8)4-13(5-11(14)15)9-2-3-19(16,17)6-9/h7,9H,2-6H2,1H3,(H,14,15). The van der Waals surface area contributed by atoms with Gasteiger partial charge in [0.15, 0.2) is 16.2 Å². The highest BCUT2D eigenvalue weighted by Gasteiger charge is 2.33. The zero-order valence-electron chi connectivity index (χ0n) is 10.6. The van der Waals surface area contributed by atoms with E-state index in [1.54, 1.807) is 11.8 Å². The smallest absolute Gasteiger partial charge is 0.317 e. The van der Waals surface area contributed by atoms with Crippen LogP contribution in [0.2, 0.25) is 0 Å². The Hall–Kier alpha value is -1.41. The topological polar surface area (TPSA) is 101 Å². The van der Waals surface area contributed by atoms with Crippen LogP contribution in [0.1, 0.15) is 17.9 Å². The molecule has 1 aromatic heterocycles. The van der Waals surface area contributed by atoms with E-state index < -0.39 is 15.8 Å². The van der Waals surface area contributed by atoms with Gasteiger partial charge in [-0.3, -0.25) is 9.69 Å². The molecule has 0 radical (unpaired) electrons. The van der Waals surface area contributed by atoms with E-state index in [1.807, 2.05) is 0 Å². The van der Waals surface area contributed by atoms with Crippen molar-refractivity contribution in [3.05, 3.63) is 17.8 Å². The van der Waals surface area contributed by atoms with E-state index in [2.05, 4.69) is 4.98 Å². The number of oxazole rings is 1. The van der Waals surface area contributed by atoms with Gasteiger partial charge in [0, 0.05) is 12.6 Å². The molecule has 1 aromatic rings. The number of hydrogen-bond acceptors (Lipinski definition) is 6. The molecule has 1 aliphatic rings. The molecule has 8 heteroatoms. The van der Waals surface area contributed by atoms with Crippen molar-refractivity contribution in [2.45, 2.75) is 25.9 Å². The van der Waals surface area contributed by atoms with Crippen LogP contribution in [0, 0.1) is 6.92 Å². The van der Waals surface area contributed by atoms with Gasteiger partial charge in [-0.15, -0.1) is 0 Å². The van der Waals surface area contributed by atoms with Crippen LogP contribution >= 0.6 is 0 Å². The summed E-state index contributed by atoms with van der Waals surface area (Å²) in [4.78, 5) is 16.6. The molecule has 1 atom stereocenters. The third-order valence-corrected chi connectivity index (χ3v) is 5.01. The van der Waals surface area contributed by atoms with E-state index in [1.165, 1.54) is 6.39 Å². The first-order valence-electron chi connectivity index (χ1n) is 5.92. The minimum Gasteiger partial charge on any atom is -0.480 e. The number of carbonyl (C=O) groups is 1. The molecule has 1 N–H and O–H groups in total.